The Hall–Kier alpha value is -1.14. The minimum Gasteiger partial charge on any atom is -0.377 e. The van der Waals surface area contributed by atoms with Gasteiger partial charge in [0.15, 0.2) is 0 Å². The number of fused-ring (bicyclic) bond motifs is 1. The normalized spacial score (nSPS) is 33.0. The van der Waals surface area contributed by atoms with Crippen LogP contribution in [-0.4, -0.2) is 67.0 Å². The van der Waals surface area contributed by atoms with Crippen LogP contribution in [0.2, 0.25) is 0 Å². The number of carbonyl (C=O) groups excluding carboxylic acids is 2. The molecule has 2 fully saturated rings. The van der Waals surface area contributed by atoms with Gasteiger partial charge in [-0.05, 0) is 13.3 Å². The molecule has 2 N–H and O–H groups in total. The Morgan fingerprint density at radius 2 is 1.95 bits per heavy atom. The van der Waals surface area contributed by atoms with E-state index < -0.39 is 11.0 Å². The Morgan fingerprint density at radius 1 is 1.33 bits per heavy atom. The van der Waals surface area contributed by atoms with Crippen LogP contribution >= 0.6 is 0 Å². The molecule has 0 aromatic rings. The molecule has 2 amide bonds. The number of hydrogen-bond acceptors (Lipinski definition) is 4. The van der Waals surface area contributed by atoms with Crippen molar-refractivity contribution in [3.63, 3.8) is 0 Å². The smallest absolute Gasteiger partial charge is 0.244 e. The van der Waals surface area contributed by atoms with E-state index in [0.717, 1.165) is 6.42 Å². The summed E-state index contributed by atoms with van der Waals surface area (Å²) in [6.07, 6.45) is 0.866. The van der Waals surface area contributed by atoms with Gasteiger partial charge in [-0.25, -0.2) is 0 Å². The second-order valence-electron chi connectivity index (χ2n) is 6.88. The van der Waals surface area contributed by atoms with Crippen LogP contribution in [0.3, 0.4) is 0 Å². The summed E-state index contributed by atoms with van der Waals surface area (Å²) in [4.78, 5) is 27.9. The quantitative estimate of drug-likeness (QED) is 0.796. The van der Waals surface area contributed by atoms with Crippen LogP contribution in [0.25, 0.3) is 0 Å². The van der Waals surface area contributed by atoms with Crippen molar-refractivity contribution < 1.29 is 14.3 Å². The van der Waals surface area contributed by atoms with Crippen molar-refractivity contribution in [2.24, 2.45) is 17.1 Å². The van der Waals surface area contributed by atoms with E-state index in [1.54, 1.807) is 19.0 Å². The summed E-state index contributed by atoms with van der Waals surface area (Å²) in [6.45, 7) is 7.06. The van der Waals surface area contributed by atoms with Gasteiger partial charge >= 0.3 is 0 Å². The molecule has 2 rings (SSSR count). The summed E-state index contributed by atoms with van der Waals surface area (Å²) in [5, 5.41) is 0. The number of amides is 2. The molecule has 0 aromatic heterocycles. The van der Waals surface area contributed by atoms with Gasteiger partial charge in [-0.15, -0.1) is 0 Å². The number of hydrogen-bond donors (Lipinski definition) is 1. The topological polar surface area (TPSA) is 75.9 Å². The first-order valence-corrected chi connectivity index (χ1v) is 7.57. The van der Waals surface area contributed by atoms with Crippen molar-refractivity contribution in [2.45, 2.75) is 38.8 Å². The van der Waals surface area contributed by atoms with E-state index in [1.807, 2.05) is 20.8 Å². The number of likely N-dealkylation sites (N-methyl/N-ethyl adjacent to an activating group) is 2. The maximum absolute atomic E-state index is 13.0. The van der Waals surface area contributed by atoms with E-state index in [4.69, 9.17) is 10.5 Å². The van der Waals surface area contributed by atoms with Crippen LogP contribution in [0, 0.1) is 11.3 Å². The molecule has 0 spiro atoms. The summed E-state index contributed by atoms with van der Waals surface area (Å²) in [7, 11) is 3.37. The van der Waals surface area contributed by atoms with Gasteiger partial charge in [0.05, 0.1) is 12.6 Å². The van der Waals surface area contributed by atoms with Crippen molar-refractivity contribution in [3.8, 4) is 0 Å². The first-order valence-electron chi connectivity index (χ1n) is 7.57. The number of rotatable bonds is 4. The monoisotopic (exact) mass is 297 g/mol. The molecule has 1 saturated carbocycles. The van der Waals surface area contributed by atoms with Crippen molar-refractivity contribution in [3.05, 3.63) is 0 Å². The van der Waals surface area contributed by atoms with Gasteiger partial charge in [-0.1, -0.05) is 13.8 Å². The van der Waals surface area contributed by atoms with Crippen LogP contribution in [0.5, 0.6) is 0 Å². The predicted octanol–water partition coefficient (Wildman–Crippen LogP) is 0.0655. The summed E-state index contributed by atoms with van der Waals surface area (Å²) in [5.74, 6) is -0.161. The lowest BCUT2D eigenvalue weighted by Gasteiger charge is -2.61. The summed E-state index contributed by atoms with van der Waals surface area (Å²) < 4.78 is 5.72. The highest BCUT2D eigenvalue weighted by atomic mass is 16.5. The molecule has 1 saturated heterocycles. The fourth-order valence-corrected chi connectivity index (χ4v) is 3.71. The maximum atomic E-state index is 13.0. The van der Waals surface area contributed by atoms with Gasteiger partial charge in [0, 0.05) is 38.6 Å². The van der Waals surface area contributed by atoms with Crippen LogP contribution in [0.4, 0.5) is 0 Å². The molecule has 0 aromatic carbocycles. The molecule has 1 aliphatic heterocycles. The third-order valence-corrected chi connectivity index (χ3v) is 5.30. The third kappa shape index (κ3) is 2.16. The molecule has 120 valence electrons. The van der Waals surface area contributed by atoms with Gasteiger partial charge in [0.1, 0.15) is 5.54 Å². The van der Waals surface area contributed by atoms with Crippen LogP contribution in [0.1, 0.15) is 27.2 Å². The van der Waals surface area contributed by atoms with Gasteiger partial charge in [0.2, 0.25) is 11.8 Å². The number of ether oxygens (including phenoxy) is 1. The second kappa shape index (κ2) is 5.25. The molecular formula is C15H27N3O3. The molecule has 0 bridgehead atoms. The van der Waals surface area contributed by atoms with Gasteiger partial charge in [0.25, 0.3) is 0 Å². The second-order valence-corrected chi connectivity index (χ2v) is 6.88. The van der Waals surface area contributed by atoms with E-state index in [1.165, 1.54) is 4.90 Å². The molecule has 2 aliphatic rings. The summed E-state index contributed by atoms with van der Waals surface area (Å²) in [6, 6.07) is 0. The standard InChI is InChI=1S/C15H27N3O3/c1-6-18(9-11(19)17(4)5)13(20)15(16)10-7-8-21-12(10)14(15,2)3/h10,12H,6-9,16H2,1-5H3. The number of carbonyl (C=O) groups is 2. The highest BCUT2D eigenvalue weighted by Gasteiger charge is 2.71. The molecule has 3 atom stereocenters. The SMILES string of the molecule is CCN(CC(=O)N(C)C)C(=O)C1(N)C2CCOC2C1(C)C. The molecule has 6 nitrogen and oxygen atoms in total. The fourth-order valence-electron chi connectivity index (χ4n) is 3.71. The molecular weight excluding hydrogens is 270 g/mol. The number of nitrogens with zero attached hydrogens (tertiary/aromatic N) is 2. The van der Waals surface area contributed by atoms with Crippen LogP contribution in [0.15, 0.2) is 0 Å². The van der Waals surface area contributed by atoms with Gasteiger partial charge in [-0.2, -0.15) is 0 Å². The van der Waals surface area contributed by atoms with E-state index >= 15 is 0 Å². The van der Waals surface area contributed by atoms with Crippen LogP contribution in [-0.2, 0) is 14.3 Å². The highest BCUT2D eigenvalue weighted by molar-refractivity contribution is 5.92. The Kier molecular flexibility index (Phi) is 4.06. The summed E-state index contributed by atoms with van der Waals surface area (Å²) >= 11 is 0. The first-order chi connectivity index (χ1) is 9.67. The van der Waals surface area contributed by atoms with Crippen molar-refractivity contribution in [1.82, 2.24) is 9.80 Å². The van der Waals surface area contributed by atoms with E-state index in [-0.39, 0.29) is 30.4 Å². The summed E-state index contributed by atoms with van der Waals surface area (Å²) in [5.41, 5.74) is 5.20. The van der Waals surface area contributed by atoms with Crippen molar-refractivity contribution in [2.75, 3.05) is 33.8 Å². The van der Waals surface area contributed by atoms with Gasteiger partial charge in [-0.3, -0.25) is 9.59 Å². The zero-order chi connectivity index (χ0) is 16.0. The Balaban J connectivity index is 2.19. The number of nitrogens with two attached hydrogens (primary N) is 1. The lowest BCUT2D eigenvalue weighted by molar-refractivity contribution is -0.184. The minimum absolute atomic E-state index is 0.0507. The van der Waals surface area contributed by atoms with E-state index in [0.29, 0.717) is 13.2 Å². The molecule has 6 heteroatoms. The lowest BCUT2D eigenvalue weighted by Crippen LogP contribution is -2.80. The van der Waals surface area contributed by atoms with Gasteiger partial charge < -0.3 is 20.3 Å². The molecule has 21 heavy (non-hydrogen) atoms. The Labute approximate surface area is 126 Å². The third-order valence-electron chi connectivity index (χ3n) is 5.30. The predicted molar refractivity (Wildman–Crippen MR) is 79.5 cm³/mol. The zero-order valence-electron chi connectivity index (χ0n) is 13.7. The average Bonchev–Trinajstić information content (AvgIpc) is 2.90. The molecule has 1 heterocycles. The minimum atomic E-state index is -0.934. The van der Waals surface area contributed by atoms with Crippen molar-refractivity contribution in [1.29, 1.82) is 0 Å². The maximum Gasteiger partial charge on any atom is 0.244 e. The Bertz CT molecular complexity index is 449. The highest BCUT2D eigenvalue weighted by Crippen LogP contribution is 2.58. The fraction of sp³-hybridized carbons (Fsp3) is 0.867. The molecule has 3 unspecified atom stereocenters. The van der Waals surface area contributed by atoms with Crippen molar-refractivity contribution >= 4 is 11.8 Å². The molecule has 1 aliphatic carbocycles. The Morgan fingerprint density at radius 3 is 2.48 bits per heavy atom. The zero-order valence-corrected chi connectivity index (χ0v) is 13.7. The lowest BCUT2D eigenvalue weighted by atomic mass is 9.47. The van der Waals surface area contributed by atoms with E-state index in [9.17, 15) is 9.59 Å². The van der Waals surface area contributed by atoms with E-state index in [2.05, 4.69) is 0 Å². The largest absolute Gasteiger partial charge is 0.377 e. The average molecular weight is 297 g/mol. The first kappa shape index (κ1) is 16.2. The van der Waals surface area contributed by atoms with Crippen LogP contribution < -0.4 is 5.73 Å². The molecule has 0 radical (unpaired) electrons.